The summed E-state index contributed by atoms with van der Waals surface area (Å²) in [7, 11) is -3.61. The Bertz CT molecular complexity index is 416. The molecule has 0 spiro atoms. The molecule has 7 heteroatoms. The molecule has 1 saturated heterocycles. The maximum absolute atomic E-state index is 12.0. The maximum Gasteiger partial charge on any atom is 0.277 e. The molecule has 0 radical (unpaired) electrons. The van der Waals surface area contributed by atoms with Crippen LogP contribution >= 0.6 is 0 Å². The molecule has 1 fully saturated rings. The van der Waals surface area contributed by atoms with E-state index in [4.69, 9.17) is 5.14 Å². The average Bonchev–Trinajstić information content (AvgIpc) is 2.80. The van der Waals surface area contributed by atoms with Crippen LogP contribution in [0.3, 0.4) is 0 Å². The van der Waals surface area contributed by atoms with Crippen LogP contribution in [0.15, 0.2) is 12.2 Å². The first kappa shape index (κ1) is 12.5. The second-order valence-corrected chi connectivity index (χ2v) is 5.96. The van der Waals surface area contributed by atoms with Gasteiger partial charge in [0.15, 0.2) is 0 Å². The first-order valence-electron chi connectivity index (χ1n) is 5.70. The van der Waals surface area contributed by atoms with E-state index in [0.29, 0.717) is 26.2 Å². The van der Waals surface area contributed by atoms with E-state index in [2.05, 4.69) is 0 Å². The fraction of sp³-hybridized carbons (Fsp3) is 0.700. The van der Waals surface area contributed by atoms with Gasteiger partial charge in [0.25, 0.3) is 10.2 Å². The van der Waals surface area contributed by atoms with Gasteiger partial charge in [-0.05, 0) is 12.8 Å². The Morgan fingerprint density at radius 1 is 1.12 bits per heavy atom. The van der Waals surface area contributed by atoms with Crippen molar-refractivity contribution in [1.29, 1.82) is 0 Å². The molecule has 2 N–H and O–H groups in total. The molecule has 96 valence electrons. The second-order valence-electron chi connectivity index (χ2n) is 4.41. The molecule has 1 aliphatic heterocycles. The lowest BCUT2D eigenvalue weighted by molar-refractivity contribution is -0.136. The van der Waals surface area contributed by atoms with Crippen molar-refractivity contribution < 1.29 is 13.2 Å². The van der Waals surface area contributed by atoms with E-state index in [1.54, 1.807) is 4.90 Å². The maximum atomic E-state index is 12.0. The van der Waals surface area contributed by atoms with E-state index in [1.807, 2.05) is 12.2 Å². The van der Waals surface area contributed by atoms with Crippen LogP contribution in [0.4, 0.5) is 0 Å². The molecule has 1 aliphatic carbocycles. The Morgan fingerprint density at radius 3 is 2.12 bits per heavy atom. The van der Waals surface area contributed by atoms with Crippen molar-refractivity contribution in [3.05, 3.63) is 12.2 Å². The molecule has 6 nitrogen and oxygen atoms in total. The van der Waals surface area contributed by atoms with Crippen molar-refractivity contribution in [3.8, 4) is 0 Å². The highest BCUT2D eigenvalue weighted by atomic mass is 32.2. The Morgan fingerprint density at radius 2 is 1.65 bits per heavy atom. The molecule has 2 rings (SSSR count). The quantitative estimate of drug-likeness (QED) is 0.666. The highest BCUT2D eigenvalue weighted by Gasteiger charge is 2.30. The van der Waals surface area contributed by atoms with Crippen LogP contribution in [0, 0.1) is 5.92 Å². The minimum Gasteiger partial charge on any atom is -0.340 e. The molecule has 1 amide bonds. The average molecular weight is 259 g/mol. The lowest BCUT2D eigenvalue weighted by Crippen LogP contribution is -2.53. The van der Waals surface area contributed by atoms with E-state index in [9.17, 15) is 13.2 Å². The zero-order chi connectivity index (χ0) is 12.5. The number of rotatable bonds is 2. The normalized spacial score (nSPS) is 23.2. The number of piperazine rings is 1. The van der Waals surface area contributed by atoms with E-state index >= 15 is 0 Å². The highest BCUT2D eigenvalue weighted by Crippen LogP contribution is 2.21. The fourth-order valence-electron chi connectivity index (χ4n) is 2.24. The van der Waals surface area contributed by atoms with Crippen molar-refractivity contribution in [2.24, 2.45) is 11.1 Å². The van der Waals surface area contributed by atoms with Gasteiger partial charge in [-0.25, -0.2) is 5.14 Å². The topological polar surface area (TPSA) is 83.7 Å². The van der Waals surface area contributed by atoms with Gasteiger partial charge < -0.3 is 4.90 Å². The fourth-order valence-corrected chi connectivity index (χ4v) is 2.91. The summed E-state index contributed by atoms with van der Waals surface area (Å²) in [5, 5.41) is 5.04. The minimum absolute atomic E-state index is 0.0519. The summed E-state index contributed by atoms with van der Waals surface area (Å²) >= 11 is 0. The van der Waals surface area contributed by atoms with Gasteiger partial charge in [0.2, 0.25) is 5.91 Å². The summed E-state index contributed by atoms with van der Waals surface area (Å²) in [6.45, 7) is 1.47. The number of hydrogen-bond acceptors (Lipinski definition) is 3. The SMILES string of the molecule is NS(=O)(=O)N1CCN(C(=O)C2CC=CC2)CC1. The largest absolute Gasteiger partial charge is 0.340 e. The van der Waals surface area contributed by atoms with Gasteiger partial charge in [0, 0.05) is 32.1 Å². The van der Waals surface area contributed by atoms with E-state index < -0.39 is 10.2 Å². The van der Waals surface area contributed by atoms with Gasteiger partial charge in [-0.2, -0.15) is 12.7 Å². The first-order chi connectivity index (χ1) is 7.98. The van der Waals surface area contributed by atoms with Gasteiger partial charge in [0.1, 0.15) is 0 Å². The predicted octanol–water partition coefficient (Wildman–Crippen LogP) is -0.700. The third-order valence-electron chi connectivity index (χ3n) is 3.27. The number of nitrogens with two attached hydrogens (primary N) is 1. The molecule has 0 unspecified atom stereocenters. The Labute approximate surface area is 101 Å². The van der Waals surface area contributed by atoms with Crippen molar-refractivity contribution in [3.63, 3.8) is 0 Å². The lowest BCUT2D eigenvalue weighted by atomic mass is 10.1. The molecule has 17 heavy (non-hydrogen) atoms. The second kappa shape index (κ2) is 4.75. The summed E-state index contributed by atoms with van der Waals surface area (Å²) in [4.78, 5) is 13.8. The highest BCUT2D eigenvalue weighted by molar-refractivity contribution is 7.86. The molecule has 0 bridgehead atoms. The van der Waals surface area contributed by atoms with E-state index in [-0.39, 0.29) is 11.8 Å². The number of carbonyl (C=O) groups excluding carboxylic acids is 1. The van der Waals surface area contributed by atoms with E-state index in [0.717, 1.165) is 12.8 Å². The Kier molecular flexibility index (Phi) is 3.50. The molecule has 0 saturated carbocycles. The molecule has 0 aromatic rings. The zero-order valence-corrected chi connectivity index (χ0v) is 10.4. The van der Waals surface area contributed by atoms with Crippen molar-refractivity contribution in [2.45, 2.75) is 12.8 Å². The summed E-state index contributed by atoms with van der Waals surface area (Å²) < 4.78 is 23.4. The van der Waals surface area contributed by atoms with Gasteiger partial charge >= 0.3 is 0 Å². The molecule has 0 aromatic carbocycles. The van der Waals surface area contributed by atoms with Crippen LogP contribution in [0.25, 0.3) is 0 Å². The number of allylic oxidation sites excluding steroid dienone is 2. The third-order valence-corrected chi connectivity index (χ3v) is 4.35. The first-order valence-corrected chi connectivity index (χ1v) is 7.20. The molecule has 0 aromatic heterocycles. The van der Waals surface area contributed by atoms with Gasteiger partial charge in [-0.15, -0.1) is 0 Å². The number of carbonyl (C=O) groups is 1. The zero-order valence-electron chi connectivity index (χ0n) is 9.58. The standard InChI is InChI=1S/C10H17N3O3S/c11-17(15,16)13-7-5-12(6-8-13)10(14)9-3-1-2-4-9/h1-2,9H,3-8H2,(H2,11,15,16). The summed E-state index contributed by atoms with van der Waals surface area (Å²) in [5.74, 6) is 0.181. The Balaban J connectivity index is 1.88. The molecular weight excluding hydrogens is 242 g/mol. The van der Waals surface area contributed by atoms with Crippen LogP contribution in [0.2, 0.25) is 0 Å². The molecule has 2 aliphatic rings. The number of hydrogen-bond donors (Lipinski definition) is 1. The molecule has 0 atom stereocenters. The van der Waals surface area contributed by atoms with Gasteiger partial charge in [-0.1, -0.05) is 12.2 Å². The third kappa shape index (κ3) is 2.85. The van der Waals surface area contributed by atoms with Gasteiger partial charge in [-0.3, -0.25) is 4.79 Å². The number of nitrogens with zero attached hydrogens (tertiary/aromatic N) is 2. The van der Waals surface area contributed by atoms with Crippen LogP contribution < -0.4 is 5.14 Å². The van der Waals surface area contributed by atoms with Crippen molar-refractivity contribution in [1.82, 2.24) is 9.21 Å². The van der Waals surface area contributed by atoms with Crippen LogP contribution in [0.1, 0.15) is 12.8 Å². The summed E-state index contributed by atoms with van der Waals surface area (Å²) in [6, 6.07) is 0. The molecule has 1 heterocycles. The van der Waals surface area contributed by atoms with Crippen molar-refractivity contribution >= 4 is 16.1 Å². The minimum atomic E-state index is -3.61. The van der Waals surface area contributed by atoms with Gasteiger partial charge in [0.05, 0.1) is 0 Å². The van der Waals surface area contributed by atoms with Crippen molar-refractivity contribution in [2.75, 3.05) is 26.2 Å². The summed E-state index contributed by atoms with van der Waals surface area (Å²) in [5.41, 5.74) is 0. The monoisotopic (exact) mass is 259 g/mol. The lowest BCUT2D eigenvalue weighted by Gasteiger charge is -2.34. The van der Waals surface area contributed by atoms with Crippen LogP contribution in [-0.2, 0) is 15.0 Å². The van der Waals surface area contributed by atoms with Crippen LogP contribution in [-0.4, -0.2) is 49.7 Å². The Hall–Kier alpha value is -0.920. The van der Waals surface area contributed by atoms with Crippen LogP contribution in [0.5, 0.6) is 0 Å². The number of amides is 1. The smallest absolute Gasteiger partial charge is 0.277 e. The predicted molar refractivity (Wildman–Crippen MR) is 63.1 cm³/mol. The molecular formula is C10H17N3O3S. The summed E-state index contributed by atoms with van der Waals surface area (Å²) in [6.07, 6.45) is 5.63. The van der Waals surface area contributed by atoms with E-state index in [1.165, 1.54) is 4.31 Å².